The molecule has 0 aromatic carbocycles. The predicted molar refractivity (Wildman–Crippen MR) is 79.9 cm³/mol. The molecule has 0 spiro atoms. The molecule has 0 saturated heterocycles. The lowest BCUT2D eigenvalue weighted by Gasteiger charge is -2.04. The van der Waals surface area contributed by atoms with E-state index in [1.807, 2.05) is 44.1 Å². The highest BCUT2D eigenvalue weighted by molar-refractivity contribution is 7.11. The molecule has 104 valence electrons. The van der Waals surface area contributed by atoms with Crippen LogP contribution in [0, 0.1) is 20.8 Å². The fourth-order valence-electron chi connectivity index (χ4n) is 2.21. The van der Waals surface area contributed by atoms with Gasteiger partial charge in [-0.15, -0.1) is 11.3 Å². The van der Waals surface area contributed by atoms with Crippen molar-refractivity contribution in [1.82, 2.24) is 24.1 Å². The lowest BCUT2D eigenvalue weighted by atomic mass is 10.3. The maximum absolute atomic E-state index is 4.55. The average Bonchev–Trinajstić information content (AvgIpc) is 3.03. The van der Waals surface area contributed by atoms with Gasteiger partial charge in [0.1, 0.15) is 11.5 Å². The number of imidazole rings is 2. The number of aromatic nitrogens is 5. The normalized spacial score (nSPS) is 11.2. The van der Waals surface area contributed by atoms with Crippen LogP contribution in [0.3, 0.4) is 0 Å². The Balaban J connectivity index is 1.96. The van der Waals surface area contributed by atoms with Crippen molar-refractivity contribution in [2.75, 3.05) is 0 Å². The quantitative estimate of drug-likeness (QED) is 0.744. The molecule has 0 radical (unpaired) electrons. The summed E-state index contributed by atoms with van der Waals surface area (Å²) in [5.41, 5.74) is 2.01. The number of rotatable bonds is 3. The monoisotopic (exact) mass is 287 g/mol. The van der Waals surface area contributed by atoms with Crippen LogP contribution < -0.4 is 0 Å². The van der Waals surface area contributed by atoms with Gasteiger partial charge in [0.2, 0.25) is 0 Å². The van der Waals surface area contributed by atoms with E-state index in [2.05, 4.69) is 26.4 Å². The maximum Gasteiger partial charge on any atom is 0.160 e. The van der Waals surface area contributed by atoms with E-state index in [-0.39, 0.29) is 0 Å². The zero-order chi connectivity index (χ0) is 14.3. The summed E-state index contributed by atoms with van der Waals surface area (Å²) in [6.07, 6.45) is 5.83. The van der Waals surface area contributed by atoms with Gasteiger partial charge in [0.25, 0.3) is 0 Å². The summed E-state index contributed by atoms with van der Waals surface area (Å²) in [4.78, 5) is 14.7. The van der Waals surface area contributed by atoms with E-state index in [0.29, 0.717) is 0 Å². The molecule has 0 bridgehead atoms. The first kappa shape index (κ1) is 13.1. The Morgan fingerprint density at radius 3 is 2.60 bits per heavy atom. The summed E-state index contributed by atoms with van der Waals surface area (Å²) >= 11 is 1.74. The van der Waals surface area contributed by atoms with Crippen molar-refractivity contribution in [1.29, 1.82) is 0 Å². The van der Waals surface area contributed by atoms with Crippen molar-refractivity contribution in [3.05, 3.63) is 40.0 Å². The van der Waals surface area contributed by atoms with E-state index < -0.39 is 0 Å². The third-order valence-electron chi connectivity index (χ3n) is 3.37. The second-order valence-corrected chi connectivity index (χ2v) is 6.19. The van der Waals surface area contributed by atoms with Crippen molar-refractivity contribution in [3.63, 3.8) is 0 Å². The zero-order valence-corrected chi connectivity index (χ0v) is 12.9. The van der Waals surface area contributed by atoms with Crippen LogP contribution in [0.2, 0.25) is 0 Å². The zero-order valence-electron chi connectivity index (χ0n) is 12.1. The van der Waals surface area contributed by atoms with Crippen molar-refractivity contribution < 1.29 is 0 Å². The van der Waals surface area contributed by atoms with Gasteiger partial charge < -0.3 is 9.13 Å². The van der Waals surface area contributed by atoms with Gasteiger partial charge in [-0.1, -0.05) is 0 Å². The third-order valence-corrected chi connectivity index (χ3v) is 4.42. The van der Waals surface area contributed by atoms with Crippen molar-refractivity contribution in [2.45, 2.75) is 27.3 Å². The van der Waals surface area contributed by atoms with E-state index in [4.69, 9.17) is 0 Å². The first-order valence-electron chi connectivity index (χ1n) is 6.49. The number of aryl methyl sites for hydroxylation is 4. The van der Waals surface area contributed by atoms with Crippen LogP contribution in [-0.4, -0.2) is 24.1 Å². The molecule has 3 heterocycles. The van der Waals surface area contributed by atoms with Gasteiger partial charge in [0.15, 0.2) is 5.82 Å². The highest BCUT2D eigenvalue weighted by Gasteiger charge is 2.13. The standard InChI is InChI=1S/C14H17N5S/c1-9-13(20-11(3)16-9)8-19-6-5-15-14(19)12-7-18(4)10(2)17-12/h5-7H,8H2,1-4H3. The number of thiazole rings is 1. The fraction of sp³-hybridized carbons (Fsp3) is 0.357. The minimum absolute atomic E-state index is 0.794. The van der Waals surface area contributed by atoms with E-state index in [1.54, 1.807) is 11.3 Å². The molecule has 3 rings (SSSR count). The first-order chi connectivity index (χ1) is 9.54. The lowest BCUT2D eigenvalue weighted by Crippen LogP contribution is -2.01. The Bertz CT molecular complexity index is 730. The Morgan fingerprint density at radius 1 is 1.20 bits per heavy atom. The highest BCUT2D eigenvalue weighted by atomic mass is 32.1. The molecule has 0 aliphatic carbocycles. The smallest absolute Gasteiger partial charge is 0.160 e. The molecule has 0 aliphatic rings. The molecular formula is C14H17N5S. The molecule has 0 saturated carbocycles. The van der Waals surface area contributed by atoms with E-state index in [9.17, 15) is 0 Å². The van der Waals surface area contributed by atoms with Crippen LogP contribution in [0.5, 0.6) is 0 Å². The molecule has 20 heavy (non-hydrogen) atoms. The second-order valence-electron chi connectivity index (χ2n) is 4.90. The molecule has 0 amide bonds. The largest absolute Gasteiger partial charge is 0.337 e. The van der Waals surface area contributed by atoms with Crippen LogP contribution in [0.4, 0.5) is 0 Å². The topological polar surface area (TPSA) is 48.5 Å². The third kappa shape index (κ3) is 2.27. The summed E-state index contributed by atoms with van der Waals surface area (Å²) in [5.74, 6) is 1.89. The summed E-state index contributed by atoms with van der Waals surface area (Å²) < 4.78 is 4.14. The summed E-state index contributed by atoms with van der Waals surface area (Å²) in [6.45, 7) is 6.88. The Kier molecular flexibility index (Phi) is 3.17. The maximum atomic E-state index is 4.55. The molecule has 5 nitrogen and oxygen atoms in total. The Morgan fingerprint density at radius 2 is 2.00 bits per heavy atom. The number of nitrogens with zero attached hydrogens (tertiary/aromatic N) is 5. The van der Waals surface area contributed by atoms with Crippen LogP contribution in [0.1, 0.15) is 21.4 Å². The van der Waals surface area contributed by atoms with Gasteiger partial charge >= 0.3 is 0 Å². The van der Waals surface area contributed by atoms with Crippen LogP contribution in [-0.2, 0) is 13.6 Å². The van der Waals surface area contributed by atoms with E-state index >= 15 is 0 Å². The fourth-order valence-corrected chi connectivity index (χ4v) is 3.15. The highest BCUT2D eigenvalue weighted by Crippen LogP contribution is 2.22. The predicted octanol–water partition coefficient (Wildman–Crippen LogP) is 2.71. The number of hydrogen-bond donors (Lipinski definition) is 0. The van der Waals surface area contributed by atoms with Crippen LogP contribution >= 0.6 is 11.3 Å². The molecule has 0 unspecified atom stereocenters. The van der Waals surface area contributed by atoms with Crippen LogP contribution in [0.15, 0.2) is 18.6 Å². The average molecular weight is 287 g/mol. The molecular weight excluding hydrogens is 270 g/mol. The van der Waals surface area contributed by atoms with Crippen molar-refractivity contribution in [3.8, 4) is 11.5 Å². The molecule has 0 fully saturated rings. The molecule has 3 aromatic rings. The molecule has 3 aromatic heterocycles. The van der Waals surface area contributed by atoms with E-state index in [1.165, 1.54) is 4.88 Å². The minimum atomic E-state index is 0.794. The van der Waals surface area contributed by atoms with Crippen molar-refractivity contribution >= 4 is 11.3 Å². The van der Waals surface area contributed by atoms with Gasteiger partial charge in [0, 0.05) is 30.5 Å². The molecule has 0 atom stereocenters. The van der Waals surface area contributed by atoms with Crippen molar-refractivity contribution in [2.24, 2.45) is 7.05 Å². The SMILES string of the molecule is Cc1nc(C)c(Cn2ccnc2-c2cn(C)c(C)n2)s1. The summed E-state index contributed by atoms with van der Waals surface area (Å²) in [6, 6.07) is 0. The molecule has 0 aliphatic heterocycles. The van der Waals surface area contributed by atoms with Crippen LogP contribution in [0.25, 0.3) is 11.5 Å². The minimum Gasteiger partial charge on any atom is -0.337 e. The second kappa shape index (κ2) is 4.86. The summed E-state index contributed by atoms with van der Waals surface area (Å²) in [7, 11) is 2.00. The first-order valence-corrected chi connectivity index (χ1v) is 7.30. The van der Waals surface area contributed by atoms with Gasteiger partial charge in [-0.3, -0.25) is 0 Å². The molecule has 6 heteroatoms. The van der Waals surface area contributed by atoms with Gasteiger partial charge in [-0.2, -0.15) is 0 Å². The summed E-state index contributed by atoms with van der Waals surface area (Å²) in [5, 5.41) is 1.10. The van der Waals surface area contributed by atoms with Gasteiger partial charge in [-0.05, 0) is 20.8 Å². The lowest BCUT2D eigenvalue weighted by molar-refractivity contribution is 0.808. The van der Waals surface area contributed by atoms with Gasteiger partial charge in [0.05, 0.1) is 17.2 Å². The number of hydrogen-bond acceptors (Lipinski definition) is 4. The Labute approximate surface area is 122 Å². The van der Waals surface area contributed by atoms with Gasteiger partial charge in [-0.25, -0.2) is 15.0 Å². The Hall–Kier alpha value is -1.95. The van der Waals surface area contributed by atoms with E-state index in [0.717, 1.165) is 34.6 Å². The molecule has 0 N–H and O–H groups in total.